The molecule has 0 saturated carbocycles. The summed E-state index contributed by atoms with van der Waals surface area (Å²) < 4.78 is 0. The van der Waals surface area contributed by atoms with Gasteiger partial charge in [-0.25, -0.2) is 4.98 Å². The monoisotopic (exact) mass is 305 g/mol. The topological polar surface area (TPSA) is 50.2 Å². The number of carboxylic acid groups (broad SMARTS) is 1. The number of carbonyl (C=O) groups is 1. The molecular weight excluding hydrogens is 290 g/mol. The van der Waals surface area contributed by atoms with Gasteiger partial charge in [-0.3, -0.25) is 4.79 Å². The van der Waals surface area contributed by atoms with Crippen LogP contribution in [0.15, 0.2) is 42.3 Å². The molecule has 0 aliphatic carbocycles. The van der Waals surface area contributed by atoms with E-state index in [1.807, 2.05) is 30.0 Å². The van der Waals surface area contributed by atoms with Gasteiger partial charge in [0, 0.05) is 22.4 Å². The third-order valence-electron chi connectivity index (χ3n) is 2.59. The van der Waals surface area contributed by atoms with E-state index in [9.17, 15) is 4.79 Å². The van der Waals surface area contributed by atoms with Crippen molar-refractivity contribution in [3.63, 3.8) is 0 Å². The number of nitrogens with zero attached hydrogens (tertiary/aromatic N) is 1. The van der Waals surface area contributed by atoms with Gasteiger partial charge in [-0.2, -0.15) is 11.8 Å². The second kappa shape index (κ2) is 7.26. The molecule has 0 radical (unpaired) electrons. The fourth-order valence-corrected chi connectivity index (χ4v) is 3.22. The van der Waals surface area contributed by atoms with Crippen molar-refractivity contribution in [2.24, 2.45) is 0 Å². The van der Waals surface area contributed by atoms with Crippen LogP contribution >= 0.6 is 23.1 Å². The molecule has 104 valence electrons. The van der Waals surface area contributed by atoms with Gasteiger partial charge in [-0.15, -0.1) is 17.9 Å². The van der Waals surface area contributed by atoms with Crippen LogP contribution in [0.2, 0.25) is 0 Å². The third-order valence-corrected chi connectivity index (χ3v) is 4.54. The average Bonchev–Trinajstić information content (AvgIpc) is 2.87. The van der Waals surface area contributed by atoms with E-state index in [0.717, 1.165) is 22.1 Å². The maximum absolute atomic E-state index is 10.6. The second-order valence-electron chi connectivity index (χ2n) is 4.22. The standard InChI is InChI=1S/C15H15NO2S2/c1-2-7-19-9-11-3-5-12(6-4-11)15-16-13(10-20-15)8-14(17)18/h2-6,10H,1,7-9H2,(H,17,18). The number of rotatable bonds is 7. The Hall–Kier alpha value is -1.59. The van der Waals surface area contributed by atoms with Gasteiger partial charge in [0.1, 0.15) is 5.01 Å². The first-order valence-electron chi connectivity index (χ1n) is 6.13. The molecule has 0 spiro atoms. The van der Waals surface area contributed by atoms with E-state index in [0.29, 0.717) is 5.69 Å². The predicted molar refractivity (Wildman–Crippen MR) is 85.2 cm³/mol. The lowest BCUT2D eigenvalue weighted by Gasteiger charge is -2.01. The Kier molecular flexibility index (Phi) is 5.38. The van der Waals surface area contributed by atoms with Gasteiger partial charge in [0.2, 0.25) is 0 Å². The van der Waals surface area contributed by atoms with Crippen LogP contribution in [-0.4, -0.2) is 21.8 Å². The lowest BCUT2D eigenvalue weighted by Crippen LogP contribution is -1.99. The zero-order valence-electron chi connectivity index (χ0n) is 10.9. The number of aromatic nitrogens is 1. The molecule has 0 atom stereocenters. The van der Waals surface area contributed by atoms with Crippen LogP contribution in [0.1, 0.15) is 11.3 Å². The molecule has 0 amide bonds. The van der Waals surface area contributed by atoms with Crippen molar-refractivity contribution in [1.29, 1.82) is 0 Å². The summed E-state index contributed by atoms with van der Waals surface area (Å²) in [6.07, 6.45) is 1.88. The van der Waals surface area contributed by atoms with Crippen molar-refractivity contribution in [3.05, 3.63) is 53.6 Å². The fraction of sp³-hybridized carbons (Fsp3) is 0.200. The van der Waals surface area contributed by atoms with Crippen LogP contribution < -0.4 is 0 Å². The number of carboxylic acids is 1. The van der Waals surface area contributed by atoms with E-state index < -0.39 is 5.97 Å². The number of thioether (sulfide) groups is 1. The van der Waals surface area contributed by atoms with Crippen LogP contribution in [0.4, 0.5) is 0 Å². The molecule has 0 unspecified atom stereocenters. The number of aliphatic carboxylic acids is 1. The van der Waals surface area contributed by atoms with Gasteiger partial charge in [-0.05, 0) is 5.56 Å². The van der Waals surface area contributed by atoms with Crippen LogP contribution in [0.25, 0.3) is 10.6 Å². The molecule has 0 aliphatic rings. The zero-order chi connectivity index (χ0) is 14.4. The van der Waals surface area contributed by atoms with Gasteiger partial charge in [0.05, 0.1) is 12.1 Å². The van der Waals surface area contributed by atoms with E-state index in [1.165, 1.54) is 16.9 Å². The molecule has 1 N–H and O–H groups in total. The van der Waals surface area contributed by atoms with Gasteiger partial charge >= 0.3 is 5.97 Å². The minimum absolute atomic E-state index is 0.0211. The molecule has 5 heteroatoms. The number of thiazole rings is 1. The highest BCUT2D eigenvalue weighted by molar-refractivity contribution is 7.98. The van der Waals surface area contributed by atoms with Crippen LogP contribution in [-0.2, 0) is 17.0 Å². The lowest BCUT2D eigenvalue weighted by molar-refractivity contribution is -0.136. The summed E-state index contributed by atoms with van der Waals surface area (Å²) in [7, 11) is 0. The molecule has 0 bridgehead atoms. The van der Waals surface area contributed by atoms with Crippen molar-refractivity contribution < 1.29 is 9.90 Å². The van der Waals surface area contributed by atoms with Crippen molar-refractivity contribution in [2.75, 3.05) is 5.75 Å². The summed E-state index contributed by atoms with van der Waals surface area (Å²) in [5.41, 5.74) is 2.91. The van der Waals surface area contributed by atoms with E-state index in [-0.39, 0.29) is 6.42 Å². The summed E-state index contributed by atoms with van der Waals surface area (Å²) in [4.78, 5) is 15.0. The van der Waals surface area contributed by atoms with Crippen molar-refractivity contribution >= 4 is 29.1 Å². The summed E-state index contributed by atoms with van der Waals surface area (Å²) in [6.45, 7) is 3.70. The summed E-state index contributed by atoms with van der Waals surface area (Å²) >= 11 is 3.30. The number of hydrogen-bond acceptors (Lipinski definition) is 4. The summed E-state index contributed by atoms with van der Waals surface area (Å²) in [6, 6.07) is 8.24. The van der Waals surface area contributed by atoms with Crippen LogP contribution in [0.3, 0.4) is 0 Å². The molecule has 1 aromatic carbocycles. The Morgan fingerprint density at radius 2 is 2.15 bits per heavy atom. The molecule has 3 nitrogen and oxygen atoms in total. The summed E-state index contributed by atoms with van der Waals surface area (Å²) in [5, 5.41) is 11.4. The largest absolute Gasteiger partial charge is 0.481 e. The molecule has 1 aromatic heterocycles. The van der Waals surface area contributed by atoms with Crippen molar-refractivity contribution in [1.82, 2.24) is 4.98 Å². The quantitative estimate of drug-likeness (QED) is 0.623. The molecule has 2 rings (SSSR count). The van der Waals surface area contributed by atoms with Gasteiger partial charge < -0.3 is 5.11 Å². The van der Waals surface area contributed by atoms with Crippen LogP contribution in [0.5, 0.6) is 0 Å². The van der Waals surface area contributed by atoms with E-state index in [2.05, 4.69) is 23.7 Å². The van der Waals surface area contributed by atoms with E-state index >= 15 is 0 Å². The van der Waals surface area contributed by atoms with Gasteiger partial charge in [-0.1, -0.05) is 30.3 Å². The first-order chi connectivity index (χ1) is 9.69. The Bertz CT molecular complexity index is 590. The highest BCUT2D eigenvalue weighted by atomic mass is 32.2. The maximum atomic E-state index is 10.6. The SMILES string of the molecule is C=CCSCc1ccc(-c2nc(CC(=O)O)cs2)cc1. The maximum Gasteiger partial charge on any atom is 0.309 e. The number of benzene rings is 1. The first kappa shape index (κ1) is 14.8. The minimum Gasteiger partial charge on any atom is -0.481 e. The van der Waals surface area contributed by atoms with Crippen molar-refractivity contribution in [3.8, 4) is 10.6 Å². The zero-order valence-corrected chi connectivity index (χ0v) is 12.5. The van der Waals surface area contributed by atoms with E-state index in [1.54, 1.807) is 5.38 Å². The molecule has 20 heavy (non-hydrogen) atoms. The molecular formula is C15H15NO2S2. The molecule has 0 saturated heterocycles. The van der Waals surface area contributed by atoms with Gasteiger partial charge in [0.25, 0.3) is 0 Å². The minimum atomic E-state index is -0.851. The summed E-state index contributed by atoms with van der Waals surface area (Å²) in [5.74, 6) is 1.07. The van der Waals surface area contributed by atoms with Crippen molar-refractivity contribution in [2.45, 2.75) is 12.2 Å². The van der Waals surface area contributed by atoms with Crippen LogP contribution in [0, 0.1) is 0 Å². The third kappa shape index (κ3) is 4.21. The molecule has 0 fully saturated rings. The molecule has 2 aromatic rings. The van der Waals surface area contributed by atoms with E-state index in [4.69, 9.17) is 5.11 Å². The predicted octanol–water partition coefficient (Wildman–Crippen LogP) is 3.86. The molecule has 0 aliphatic heterocycles. The highest BCUT2D eigenvalue weighted by Gasteiger charge is 2.07. The lowest BCUT2D eigenvalue weighted by atomic mass is 10.1. The normalized spacial score (nSPS) is 10.4. The van der Waals surface area contributed by atoms with Gasteiger partial charge in [0.15, 0.2) is 0 Å². The average molecular weight is 305 g/mol. The highest BCUT2D eigenvalue weighted by Crippen LogP contribution is 2.25. The smallest absolute Gasteiger partial charge is 0.309 e. The Labute approximate surface area is 126 Å². The molecule has 1 heterocycles. The Balaban J connectivity index is 2.03. The second-order valence-corrected chi connectivity index (χ2v) is 6.10. The fourth-order valence-electron chi connectivity index (χ4n) is 1.68. The first-order valence-corrected chi connectivity index (χ1v) is 8.16. The number of hydrogen-bond donors (Lipinski definition) is 1. The Morgan fingerprint density at radius 1 is 1.40 bits per heavy atom. The Morgan fingerprint density at radius 3 is 2.80 bits per heavy atom.